The van der Waals surface area contributed by atoms with Crippen LogP contribution in [0.3, 0.4) is 0 Å². The van der Waals surface area contributed by atoms with Crippen LogP contribution in [0.1, 0.15) is 51.0 Å². The fourth-order valence-corrected chi connectivity index (χ4v) is 3.01. The van der Waals surface area contributed by atoms with E-state index in [1.165, 1.54) is 44.0 Å². The minimum absolute atomic E-state index is 0.277. The maximum Gasteiger partial charge on any atom is 0.333 e. The molecule has 1 aromatic carbocycles. The number of aliphatic carboxylic acids is 1. The van der Waals surface area contributed by atoms with Gasteiger partial charge in [-0.3, -0.25) is 4.79 Å². The minimum atomic E-state index is -1.54. The molecule has 1 aliphatic carbocycles. The van der Waals surface area contributed by atoms with Gasteiger partial charge in [0.15, 0.2) is 5.54 Å². The Kier molecular flexibility index (Phi) is 5.16. The van der Waals surface area contributed by atoms with Crippen LogP contribution >= 0.6 is 0 Å². The van der Waals surface area contributed by atoms with Gasteiger partial charge >= 0.3 is 5.97 Å². The van der Waals surface area contributed by atoms with Gasteiger partial charge in [-0.05, 0) is 37.0 Å². The van der Waals surface area contributed by atoms with E-state index in [1.807, 2.05) is 0 Å². The summed E-state index contributed by atoms with van der Waals surface area (Å²) in [6, 6.07) is 5.17. The molecule has 22 heavy (non-hydrogen) atoms. The third-order valence-corrected chi connectivity index (χ3v) is 4.49. The van der Waals surface area contributed by atoms with Crippen molar-refractivity contribution in [1.82, 2.24) is 5.32 Å². The third kappa shape index (κ3) is 3.84. The summed E-state index contributed by atoms with van der Waals surface area (Å²) in [7, 11) is 0. The van der Waals surface area contributed by atoms with E-state index in [-0.39, 0.29) is 5.91 Å². The molecule has 0 saturated heterocycles. The molecule has 0 aliphatic heterocycles. The molecule has 1 aliphatic rings. The second kappa shape index (κ2) is 6.90. The van der Waals surface area contributed by atoms with Crippen LogP contribution in [0.4, 0.5) is 4.39 Å². The standard InChI is InChI=1S/C17H22FNO3/c1-17(16(21)22,13-7-9-14(18)10-8-13)19-15(20)11-6-12-4-2-3-5-12/h7-10,12H,2-6,11H2,1H3,(H,19,20)(H,21,22). The van der Waals surface area contributed by atoms with Crippen LogP contribution in [0.5, 0.6) is 0 Å². The van der Waals surface area contributed by atoms with E-state index < -0.39 is 17.3 Å². The third-order valence-electron chi connectivity index (χ3n) is 4.49. The van der Waals surface area contributed by atoms with Crippen molar-refractivity contribution in [2.75, 3.05) is 0 Å². The first-order chi connectivity index (χ1) is 10.4. The Bertz CT molecular complexity index is 537. The normalized spacial score (nSPS) is 17.9. The summed E-state index contributed by atoms with van der Waals surface area (Å²) < 4.78 is 13.0. The van der Waals surface area contributed by atoms with Gasteiger partial charge in [0.1, 0.15) is 5.82 Å². The monoisotopic (exact) mass is 307 g/mol. The molecule has 1 atom stereocenters. The van der Waals surface area contributed by atoms with Gasteiger partial charge in [-0.25, -0.2) is 9.18 Å². The topological polar surface area (TPSA) is 66.4 Å². The molecule has 1 aromatic rings. The Hall–Kier alpha value is -1.91. The summed E-state index contributed by atoms with van der Waals surface area (Å²) in [5, 5.41) is 12.1. The van der Waals surface area contributed by atoms with Crippen LogP contribution in [0.15, 0.2) is 24.3 Å². The summed E-state index contributed by atoms with van der Waals surface area (Å²) >= 11 is 0. The number of carbonyl (C=O) groups is 2. The molecule has 1 saturated carbocycles. The van der Waals surface area contributed by atoms with Crippen LogP contribution in [-0.2, 0) is 15.1 Å². The number of benzene rings is 1. The van der Waals surface area contributed by atoms with Crippen LogP contribution in [-0.4, -0.2) is 17.0 Å². The highest BCUT2D eigenvalue weighted by Gasteiger charge is 2.36. The zero-order valence-electron chi connectivity index (χ0n) is 12.8. The molecule has 1 fully saturated rings. The van der Waals surface area contributed by atoms with Crippen molar-refractivity contribution < 1.29 is 19.1 Å². The molecule has 0 radical (unpaired) electrons. The lowest BCUT2D eigenvalue weighted by Crippen LogP contribution is -2.49. The quantitative estimate of drug-likeness (QED) is 0.848. The zero-order valence-corrected chi connectivity index (χ0v) is 12.8. The average molecular weight is 307 g/mol. The molecule has 1 amide bonds. The largest absolute Gasteiger partial charge is 0.479 e. The number of carboxylic acids is 1. The Morgan fingerprint density at radius 3 is 2.41 bits per heavy atom. The van der Waals surface area contributed by atoms with E-state index in [2.05, 4.69) is 5.32 Å². The molecule has 1 unspecified atom stereocenters. The van der Waals surface area contributed by atoms with Gasteiger partial charge in [-0.2, -0.15) is 0 Å². The lowest BCUT2D eigenvalue weighted by molar-refractivity contribution is -0.147. The number of carboxylic acid groups (broad SMARTS) is 1. The van der Waals surface area contributed by atoms with Crippen molar-refractivity contribution in [2.45, 2.75) is 51.0 Å². The maximum atomic E-state index is 13.0. The van der Waals surface area contributed by atoms with E-state index >= 15 is 0 Å². The number of amides is 1. The molecule has 0 spiro atoms. The molecule has 4 nitrogen and oxygen atoms in total. The highest BCUT2D eigenvalue weighted by molar-refractivity contribution is 5.87. The average Bonchev–Trinajstić information content (AvgIpc) is 2.98. The number of hydrogen-bond acceptors (Lipinski definition) is 2. The summed E-state index contributed by atoms with van der Waals surface area (Å²) in [4.78, 5) is 23.7. The Labute approximate surface area is 129 Å². The molecule has 5 heteroatoms. The summed E-state index contributed by atoms with van der Waals surface area (Å²) in [5.41, 5.74) is -1.18. The Balaban J connectivity index is 2.02. The Morgan fingerprint density at radius 1 is 1.27 bits per heavy atom. The summed E-state index contributed by atoms with van der Waals surface area (Å²) in [6.07, 6.45) is 5.87. The van der Waals surface area contributed by atoms with Crippen molar-refractivity contribution in [1.29, 1.82) is 0 Å². The number of nitrogens with one attached hydrogen (secondary N) is 1. The number of halogens is 1. The summed E-state index contributed by atoms with van der Waals surface area (Å²) in [6.45, 7) is 1.43. The molecule has 120 valence electrons. The van der Waals surface area contributed by atoms with E-state index in [1.54, 1.807) is 0 Å². The number of rotatable bonds is 6. The van der Waals surface area contributed by atoms with Crippen LogP contribution in [0.25, 0.3) is 0 Å². The van der Waals surface area contributed by atoms with Gasteiger partial charge in [-0.1, -0.05) is 37.8 Å². The fraction of sp³-hybridized carbons (Fsp3) is 0.529. The SMILES string of the molecule is CC(NC(=O)CCC1CCCC1)(C(=O)O)c1ccc(F)cc1. The first-order valence-electron chi connectivity index (χ1n) is 7.72. The fourth-order valence-electron chi connectivity index (χ4n) is 3.01. The van der Waals surface area contributed by atoms with Gasteiger partial charge in [0.2, 0.25) is 5.91 Å². The predicted octanol–water partition coefficient (Wildman–Crippen LogP) is 3.21. The molecule has 0 aromatic heterocycles. The molecule has 0 bridgehead atoms. The molecular weight excluding hydrogens is 285 g/mol. The number of carbonyl (C=O) groups excluding carboxylic acids is 1. The Morgan fingerprint density at radius 2 is 1.86 bits per heavy atom. The van der Waals surface area contributed by atoms with Gasteiger partial charge in [0, 0.05) is 6.42 Å². The highest BCUT2D eigenvalue weighted by atomic mass is 19.1. The van der Waals surface area contributed by atoms with E-state index in [9.17, 15) is 19.1 Å². The second-order valence-electron chi connectivity index (χ2n) is 6.17. The van der Waals surface area contributed by atoms with Gasteiger partial charge in [-0.15, -0.1) is 0 Å². The van der Waals surface area contributed by atoms with Gasteiger partial charge in [0.25, 0.3) is 0 Å². The number of hydrogen-bond donors (Lipinski definition) is 2. The van der Waals surface area contributed by atoms with E-state index in [0.717, 1.165) is 19.3 Å². The first-order valence-corrected chi connectivity index (χ1v) is 7.72. The maximum absolute atomic E-state index is 13.0. The van der Waals surface area contributed by atoms with E-state index in [0.29, 0.717) is 17.9 Å². The molecular formula is C17H22FNO3. The molecule has 0 heterocycles. The predicted molar refractivity (Wildman–Crippen MR) is 80.7 cm³/mol. The highest BCUT2D eigenvalue weighted by Crippen LogP contribution is 2.29. The smallest absolute Gasteiger partial charge is 0.333 e. The molecule has 2 N–H and O–H groups in total. The summed E-state index contributed by atoms with van der Waals surface area (Å²) in [5.74, 6) is -1.30. The lowest BCUT2D eigenvalue weighted by Gasteiger charge is -2.27. The van der Waals surface area contributed by atoms with Crippen molar-refractivity contribution >= 4 is 11.9 Å². The van der Waals surface area contributed by atoms with E-state index in [4.69, 9.17) is 0 Å². The van der Waals surface area contributed by atoms with Crippen LogP contribution in [0.2, 0.25) is 0 Å². The van der Waals surface area contributed by atoms with Gasteiger partial charge in [0.05, 0.1) is 0 Å². The van der Waals surface area contributed by atoms with Crippen molar-refractivity contribution in [3.63, 3.8) is 0 Å². The van der Waals surface area contributed by atoms with Crippen LogP contribution in [0, 0.1) is 11.7 Å². The first kappa shape index (κ1) is 16.5. The van der Waals surface area contributed by atoms with Crippen molar-refractivity contribution in [3.05, 3.63) is 35.6 Å². The van der Waals surface area contributed by atoms with Gasteiger partial charge < -0.3 is 10.4 Å². The van der Waals surface area contributed by atoms with Crippen molar-refractivity contribution in [3.8, 4) is 0 Å². The van der Waals surface area contributed by atoms with Crippen molar-refractivity contribution in [2.24, 2.45) is 5.92 Å². The lowest BCUT2D eigenvalue weighted by atomic mass is 9.91. The zero-order chi connectivity index (χ0) is 16.2. The van der Waals surface area contributed by atoms with Crippen LogP contribution < -0.4 is 5.32 Å². The molecule has 2 rings (SSSR count). The second-order valence-corrected chi connectivity index (χ2v) is 6.17. The minimum Gasteiger partial charge on any atom is -0.479 e.